The van der Waals surface area contributed by atoms with Gasteiger partial charge in [0.25, 0.3) is 0 Å². The highest BCUT2D eigenvalue weighted by atomic mass is 16.6. The Morgan fingerprint density at radius 2 is 2.07 bits per heavy atom. The number of ether oxygens (including phenoxy) is 3. The summed E-state index contributed by atoms with van der Waals surface area (Å²) in [7, 11) is 1.48. The number of fused-ring (bicyclic) bond motifs is 1. The van der Waals surface area contributed by atoms with E-state index >= 15 is 0 Å². The van der Waals surface area contributed by atoms with Crippen molar-refractivity contribution in [1.82, 2.24) is 4.98 Å². The lowest BCUT2D eigenvalue weighted by molar-refractivity contribution is -0.140. The number of esters is 1. The molecule has 27 heavy (non-hydrogen) atoms. The van der Waals surface area contributed by atoms with Gasteiger partial charge < -0.3 is 29.5 Å². The lowest BCUT2D eigenvalue weighted by Crippen LogP contribution is -2.30. The summed E-state index contributed by atoms with van der Waals surface area (Å²) in [5.41, 5.74) is 6.01. The molecule has 0 amide bonds. The van der Waals surface area contributed by atoms with Crippen molar-refractivity contribution in [3.63, 3.8) is 0 Å². The van der Waals surface area contributed by atoms with Crippen LogP contribution in [0.1, 0.15) is 23.0 Å². The van der Waals surface area contributed by atoms with Gasteiger partial charge in [0.1, 0.15) is 24.5 Å². The SMILES string of the molecule is COCCOC(=O)C1=C(N)Oc2c(oc(CO)cc2=O)C1c1ccncc1. The molecule has 3 N–H and O–H groups in total. The van der Waals surface area contributed by atoms with Crippen LogP contribution in [0, 0.1) is 0 Å². The number of carbonyl (C=O) groups excluding carboxylic acids is 1. The van der Waals surface area contributed by atoms with Crippen LogP contribution in [0.4, 0.5) is 0 Å². The molecule has 3 heterocycles. The fourth-order valence-corrected chi connectivity index (χ4v) is 2.74. The Bertz CT molecular complexity index is 921. The maximum absolute atomic E-state index is 12.6. The maximum atomic E-state index is 12.6. The smallest absolute Gasteiger partial charge is 0.340 e. The van der Waals surface area contributed by atoms with Gasteiger partial charge in [-0.15, -0.1) is 0 Å². The molecule has 0 aliphatic carbocycles. The van der Waals surface area contributed by atoms with Crippen molar-refractivity contribution in [2.75, 3.05) is 20.3 Å². The molecule has 0 aromatic carbocycles. The number of methoxy groups -OCH3 is 1. The van der Waals surface area contributed by atoms with Gasteiger partial charge in [0, 0.05) is 25.6 Å². The molecule has 0 saturated heterocycles. The molecule has 1 aliphatic heterocycles. The zero-order valence-corrected chi connectivity index (χ0v) is 14.5. The Labute approximate surface area is 154 Å². The summed E-state index contributed by atoms with van der Waals surface area (Å²) >= 11 is 0. The van der Waals surface area contributed by atoms with E-state index in [0.29, 0.717) is 5.56 Å². The van der Waals surface area contributed by atoms with Gasteiger partial charge in [-0.1, -0.05) is 0 Å². The average Bonchev–Trinajstić information content (AvgIpc) is 2.68. The molecule has 1 unspecified atom stereocenters. The van der Waals surface area contributed by atoms with E-state index in [1.54, 1.807) is 12.1 Å². The second-order valence-electron chi connectivity index (χ2n) is 5.65. The van der Waals surface area contributed by atoms with Crippen molar-refractivity contribution in [2.45, 2.75) is 12.5 Å². The van der Waals surface area contributed by atoms with Crippen LogP contribution in [0.15, 0.2) is 51.3 Å². The minimum atomic E-state index is -0.856. The average molecular weight is 374 g/mol. The third-order valence-electron chi connectivity index (χ3n) is 3.94. The summed E-state index contributed by atoms with van der Waals surface area (Å²) in [5.74, 6) is -1.88. The highest BCUT2D eigenvalue weighted by molar-refractivity contribution is 5.92. The first kappa shape index (κ1) is 18.6. The maximum Gasteiger partial charge on any atom is 0.340 e. The van der Waals surface area contributed by atoms with E-state index < -0.39 is 23.9 Å². The molecule has 0 bridgehead atoms. The Hall–Kier alpha value is -3.17. The number of hydrogen-bond acceptors (Lipinski definition) is 9. The lowest BCUT2D eigenvalue weighted by Gasteiger charge is -2.26. The van der Waals surface area contributed by atoms with Crippen molar-refractivity contribution in [3.05, 3.63) is 69.4 Å². The van der Waals surface area contributed by atoms with Crippen LogP contribution in [0.25, 0.3) is 0 Å². The number of aromatic nitrogens is 1. The van der Waals surface area contributed by atoms with Crippen LogP contribution >= 0.6 is 0 Å². The molecule has 9 nitrogen and oxygen atoms in total. The minimum absolute atomic E-state index is 0.0111. The molecule has 0 radical (unpaired) electrons. The van der Waals surface area contributed by atoms with E-state index in [-0.39, 0.29) is 41.9 Å². The van der Waals surface area contributed by atoms with Gasteiger partial charge in [-0.2, -0.15) is 0 Å². The molecular weight excluding hydrogens is 356 g/mol. The molecule has 1 atom stereocenters. The Morgan fingerprint density at radius 1 is 1.33 bits per heavy atom. The Morgan fingerprint density at radius 3 is 2.74 bits per heavy atom. The highest BCUT2D eigenvalue weighted by Crippen LogP contribution is 2.41. The molecule has 2 aromatic rings. The van der Waals surface area contributed by atoms with Crippen LogP contribution in [0.2, 0.25) is 0 Å². The minimum Gasteiger partial charge on any atom is -0.460 e. The molecule has 0 saturated carbocycles. The van der Waals surface area contributed by atoms with E-state index in [1.807, 2.05) is 0 Å². The number of hydrogen-bond donors (Lipinski definition) is 2. The standard InChI is InChI=1S/C18H18N2O7/c1-24-6-7-25-18(23)14-13(10-2-4-20-5-3-10)16-15(27-17(14)19)12(22)8-11(9-21)26-16/h2-5,8,13,21H,6-7,9,19H2,1H3. The Kier molecular flexibility index (Phi) is 5.53. The van der Waals surface area contributed by atoms with Crippen LogP contribution in [-0.2, 0) is 20.9 Å². The van der Waals surface area contributed by atoms with Crippen LogP contribution in [0.3, 0.4) is 0 Å². The number of aliphatic hydroxyl groups is 1. The van der Waals surface area contributed by atoms with Crippen LogP contribution < -0.4 is 15.9 Å². The topological polar surface area (TPSA) is 134 Å². The van der Waals surface area contributed by atoms with Gasteiger partial charge in [-0.25, -0.2) is 4.79 Å². The first-order chi connectivity index (χ1) is 13.1. The lowest BCUT2D eigenvalue weighted by atomic mass is 9.87. The summed E-state index contributed by atoms with van der Waals surface area (Å²) in [6.45, 7) is -0.263. The number of nitrogens with two attached hydrogens (primary N) is 1. The summed E-state index contributed by atoms with van der Waals surface area (Å²) in [5, 5.41) is 9.37. The molecular formula is C18H18N2O7. The molecule has 3 rings (SSSR count). The third-order valence-corrected chi connectivity index (χ3v) is 3.94. The van der Waals surface area contributed by atoms with E-state index in [2.05, 4.69) is 4.98 Å². The molecule has 142 valence electrons. The monoisotopic (exact) mass is 374 g/mol. The Balaban J connectivity index is 2.14. The van der Waals surface area contributed by atoms with E-state index in [0.717, 1.165) is 6.07 Å². The molecule has 9 heteroatoms. The van der Waals surface area contributed by atoms with E-state index in [9.17, 15) is 14.7 Å². The predicted octanol–water partition coefficient (Wildman–Crippen LogP) is 0.411. The number of aliphatic hydroxyl groups excluding tert-OH is 1. The van der Waals surface area contributed by atoms with Gasteiger partial charge in [-0.05, 0) is 17.7 Å². The van der Waals surface area contributed by atoms with Gasteiger partial charge in [0.15, 0.2) is 5.76 Å². The number of pyridine rings is 1. The molecule has 2 aromatic heterocycles. The van der Waals surface area contributed by atoms with Crippen molar-refractivity contribution in [1.29, 1.82) is 0 Å². The zero-order chi connectivity index (χ0) is 19.4. The number of nitrogens with zero attached hydrogens (tertiary/aromatic N) is 1. The third kappa shape index (κ3) is 3.69. The first-order valence-corrected chi connectivity index (χ1v) is 8.08. The fourth-order valence-electron chi connectivity index (χ4n) is 2.74. The number of carbonyl (C=O) groups is 1. The second-order valence-corrected chi connectivity index (χ2v) is 5.65. The normalized spacial score (nSPS) is 15.9. The van der Waals surface area contributed by atoms with Crippen molar-refractivity contribution in [2.24, 2.45) is 5.73 Å². The zero-order valence-electron chi connectivity index (χ0n) is 14.5. The second kappa shape index (κ2) is 8.02. The molecule has 0 spiro atoms. The summed E-state index contributed by atoms with van der Waals surface area (Å²) < 4.78 is 21.1. The van der Waals surface area contributed by atoms with Crippen LogP contribution in [0.5, 0.6) is 5.75 Å². The van der Waals surface area contributed by atoms with Crippen molar-refractivity contribution in [3.8, 4) is 5.75 Å². The quantitative estimate of drug-likeness (QED) is 0.544. The molecule has 0 fully saturated rings. The van der Waals surface area contributed by atoms with Gasteiger partial charge >= 0.3 is 5.97 Å². The highest BCUT2D eigenvalue weighted by Gasteiger charge is 2.39. The summed E-state index contributed by atoms with van der Waals surface area (Å²) in [6, 6.07) is 4.42. The summed E-state index contributed by atoms with van der Waals surface area (Å²) in [6.07, 6.45) is 3.06. The van der Waals surface area contributed by atoms with Gasteiger partial charge in [0.05, 0.1) is 12.5 Å². The number of rotatable bonds is 6. The first-order valence-electron chi connectivity index (χ1n) is 8.08. The summed E-state index contributed by atoms with van der Waals surface area (Å²) in [4.78, 5) is 28.9. The van der Waals surface area contributed by atoms with Gasteiger partial charge in [0.2, 0.25) is 17.1 Å². The van der Waals surface area contributed by atoms with Gasteiger partial charge in [-0.3, -0.25) is 9.78 Å². The van der Waals surface area contributed by atoms with Crippen molar-refractivity contribution >= 4 is 5.97 Å². The van der Waals surface area contributed by atoms with Crippen LogP contribution in [-0.4, -0.2) is 36.4 Å². The molecule has 1 aliphatic rings. The van der Waals surface area contributed by atoms with E-state index in [1.165, 1.54) is 19.5 Å². The van der Waals surface area contributed by atoms with Crippen molar-refractivity contribution < 1.29 is 28.5 Å². The largest absolute Gasteiger partial charge is 0.460 e. The van der Waals surface area contributed by atoms with E-state index in [4.69, 9.17) is 24.4 Å². The fraction of sp³-hybridized carbons (Fsp3) is 0.278. The predicted molar refractivity (Wildman–Crippen MR) is 91.7 cm³/mol.